The Hall–Kier alpha value is -2.77. The van der Waals surface area contributed by atoms with Crippen LogP contribution in [-0.4, -0.2) is 55.7 Å². The van der Waals surface area contributed by atoms with Crippen molar-refractivity contribution in [1.82, 2.24) is 14.9 Å². The van der Waals surface area contributed by atoms with Gasteiger partial charge in [0.05, 0.1) is 28.1 Å². The predicted molar refractivity (Wildman–Crippen MR) is 138 cm³/mol. The average Bonchev–Trinajstić information content (AvgIpc) is 2.85. The number of carbonyl (C=O) groups is 1. The maximum absolute atomic E-state index is 13.2. The van der Waals surface area contributed by atoms with Gasteiger partial charge in [0, 0.05) is 19.8 Å². The number of fused-ring (bicyclic) bond motifs is 1. The molecule has 0 radical (unpaired) electrons. The molecule has 12 heteroatoms. The number of nitrogens with two attached hydrogens (primary N) is 1. The lowest BCUT2D eigenvalue weighted by molar-refractivity contribution is -0.144. The number of rotatable bonds is 13. The third-order valence-corrected chi connectivity index (χ3v) is 7.09. The molecule has 10 nitrogen and oxygen atoms in total. The number of ether oxygens (including phenoxy) is 2. The standard InChI is InChI=1S/C24H30N4O6S2/c1-3-33-22(34-4-2)15-28-23(30)19-7-5-6-8-20(19)27-24(28)35-16-21(29)26-14-13-17-9-11-18(12-10-17)36(25,31)32/h5-12,22H,3-4,13-16H2,1-2H3,(H,26,29)(H2,25,31,32). The third-order valence-electron chi connectivity index (χ3n) is 5.18. The summed E-state index contributed by atoms with van der Waals surface area (Å²) in [4.78, 5) is 30.3. The van der Waals surface area contributed by atoms with Gasteiger partial charge in [-0.1, -0.05) is 36.0 Å². The Bertz CT molecular complexity index is 1340. The van der Waals surface area contributed by atoms with Crippen molar-refractivity contribution >= 4 is 38.6 Å². The number of aromatic nitrogens is 2. The number of nitrogens with zero attached hydrogens (tertiary/aromatic N) is 2. The van der Waals surface area contributed by atoms with E-state index >= 15 is 0 Å². The van der Waals surface area contributed by atoms with Gasteiger partial charge in [0.25, 0.3) is 5.56 Å². The second kappa shape index (κ2) is 13.0. The van der Waals surface area contributed by atoms with Crippen LogP contribution in [0.3, 0.4) is 0 Å². The maximum Gasteiger partial charge on any atom is 0.262 e. The van der Waals surface area contributed by atoms with Crippen molar-refractivity contribution in [3.05, 3.63) is 64.4 Å². The molecule has 0 aliphatic carbocycles. The second-order valence-electron chi connectivity index (χ2n) is 7.75. The zero-order valence-corrected chi connectivity index (χ0v) is 21.8. The van der Waals surface area contributed by atoms with Crippen LogP contribution >= 0.6 is 11.8 Å². The molecular weight excluding hydrogens is 504 g/mol. The van der Waals surface area contributed by atoms with E-state index < -0.39 is 16.3 Å². The van der Waals surface area contributed by atoms with E-state index in [-0.39, 0.29) is 28.7 Å². The summed E-state index contributed by atoms with van der Waals surface area (Å²) in [5.74, 6) is -0.162. The lowest BCUT2D eigenvalue weighted by Gasteiger charge is -2.20. The fraction of sp³-hybridized carbons (Fsp3) is 0.375. The second-order valence-corrected chi connectivity index (χ2v) is 10.2. The number of benzene rings is 2. The molecule has 0 aliphatic rings. The van der Waals surface area contributed by atoms with E-state index in [2.05, 4.69) is 10.3 Å². The molecule has 0 saturated carbocycles. The largest absolute Gasteiger partial charge is 0.355 e. The average molecular weight is 535 g/mol. The van der Waals surface area contributed by atoms with E-state index in [1.54, 1.807) is 36.4 Å². The molecule has 36 heavy (non-hydrogen) atoms. The fourth-order valence-electron chi connectivity index (χ4n) is 3.47. The van der Waals surface area contributed by atoms with Gasteiger partial charge < -0.3 is 14.8 Å². The van der Waals surface area contributed by atoms with Crippen molar-refractivity contribution in [3.8, 4) is 0 Å². The van der Waals surface area contributed by atoms with E-state index in [1.165, 1.54) is 16.7 Å². The molecule has 1 aromatic heterocycles. The van der Waals surface area contributed by atoms with Crippen LogP contribution in [0.25, 0.3) is 10.9 Å². The first-order valence-corrected chi connectivity index (χ1v) is 14.0. The van der Waals surface area contributed by atoms with Crippen LogP contribution < -0.4 is 16.0 Å². The highest BCUT2D eigenvalue weighted by Crippen LogP contribution is 2.19. The van der Waals surface area contributed by atoms with Crippen molar-refractivity contribution < 1.29 is 22.7 Å². The van der Waals surface area contributed by atoms with Crippen molar-refractivity contribution in [2.75, 3.05) is 25.5 Å². The van der Waals surface area contributed by atoms with Crippen molar-refractivity contribution in [2.45, 2.75) is 43.2 Å². The molecule has 0 aliphatic heterocycles. The van der Waals surface area contributed by atoms with Crippen molar-refractivity contribution in [1.29, 1.82) is 0 Å². The van der Waals surface area contributed by atoms with Crippen LogP contribution in [-0.2, 0) is 37.3 Å². The fourth-order valence-corrected chi connectivity index (χ4v) is 4.82. The monoisotopic (exact) mass is 534 g/mol. The summed E-state index contributed by atoms with van der Waals surface area (Å²) in [7, 11) is -3.74. The lowest BCUT2D eigenvalue weighted by atomic mass is 10.1. The van der Waals surface area contributed by atoms with Gasteiger partial charge in [-0.3, -0.25) is 14.2 Å². The SMILES string of the molecule is CCOC(Cn1c(SCC(=O)NCCc2ccc(S(N)(=O)=O)cc2)nc2ccccc2c1=O)OCC. The quantitative estimate of drug-likeness (QED) is 0.192. The Kier molecular flexibility index (Phi) is 10.0. The minimum atomic E-state index is -3.74. The van der Waals surface area contributed by atoms with Gasteiger partial charge in [0.15, 0.2) is 11.4 Å². The van der Waals surface area contributed by atoms with E-state index in [9.17, 15) is 18.0 Å². The summed E-state index contributed by atoms with van der Waals surface area (Å²) in [6.07, 6.45) is -0.0977. The summed E-state index contributed by atoms with van der Waals surface area (Å²) in [5.41, 5.74) is 1.18. The van der Waals surface area contributed by atoms with Crippen LogP contribution in [0.2, 0.25) is 0 Å². The highest BCUT2D eigenvalue weighted by molar-refractivity contribution is 7.99. The predicted octanol–water partition coefficient (Wildman–Crippen LogP) is 1.89. The molecule has 2 aromatic carbocycles. The van der Waals surface area contributed by atoms with Crippen LogP contribution in [0.4, 0.5) is 0 Å². The molecule has 194 valence electrons. The number of thioether (sulfide) groups is 1. The van der Waals surface area contributed by atoms with E-state index in [4.69, 9.17) is 14.6 Å². The Morgan fingerprint density at radius 2 is 1.78 bits per heavy atom. The van der Waals surface area contributed by atoms with Crippen LogP contribution in [0, 0.1) is 0 Å². The first-order chi connectivity index (χ1) is 17.2. The molecule has 3 rings (SSSR count). The Morgan fingerprint density at radius 3 is 2.42 bits per heavy atom. The number of primary sulfonamides is 1. The van der Waals surface area contributed by atoms with Crippen LogP contribution in [0.1, 0.15) is 19.4 Å². The van der Waals surface area contributed by atoms with E-state index in [0.29, 0.717) is 42.2 Å². The van der Waals surface area contributed by atoms with Crippen molar-refractivity contribution in [3.63, 3.8) is 0 Å². The zero-order valence-electron chi connectivity index (χ0n) is 20.2. The number of hydrogen-bond donors (Lipinski definition) is 2. The molecule has 3 N–H and O–H groups in total. The van der Waals surface area contributed by atoms with Crippen LogP contribution in [0.15, 0.2) is 63.4 Å². The maximum atomic E-state index is 13.2. The van der Waals surface area contributed by atoms with Gasteiger partial charge in [0.1, 0.15) is 0 Å². The third kappa shape index (κ3) is 7.61. The van der Waals surface area contributed by atoms with Gasteiger partial charge in [0.2, 0.25) is 15.9 Å². The number of nitrogens with one attached hydrogen (secondary N) is 1. The summed E-state index contributed by atoms with van der Waals surface area (Å²) in [5, 5.41) is 8.82. The lowest BCUT2D eigenvalue weighted by Crippen LogP contribution is -2.33. The Morgan fingerprint density at radius 1 is 1.11 bits per heavy atom. The molecule has 0 fully saturated rings. The minimum Gasteiger partial charge on any atom is -0.355 e. The van der Waals surface area contributed by atoms with E-state index in [0.717, 1.165) is 17.3 Å². The van der Waals surface area contributed by atoms with Gasteiger partial charge >= 0.3 is 0 Å². The molecule has 1 heterocycles. The first kappa shape index (κ1) is 27.8. The minimum absolute atomic E-state index is 0.0385. The zero-order chi connectivity index (χ0) is 26.1. The van der Waals surface area contributed by atoms with Gasteiger partial charge in [-0.15, -0.1) is 0 Å². The summed E-state index contributed by atoms with van der Waals surface area (Å²) < 4.78 is 35.4. The number of amides is 1. The van der Waals surface area contributed by atoms with E-state index in [1.807, 2.05) is 13.8 Å². The highest BCUT2D eigenvalue weighted by Gasteiger charge is 2.18. The molecule has 3 aromatic rings. The van der Waals surface area contributed by atoms with Crippen molar-refractivity contribution in [2.24, 2.45) is 5.14 Å². The number of sulfonamides is 1. The number of carbonyl (C=O) groups excluding carboxylic acids is 1. The molecule has 0 bridgehead atoms. The topological polar surface area (TPSA) is 143 Å². The van der Waals surface area contributed by atoms with Crippen LogP contribution in [0.5, 0.6) is 0 Å². The molecule has 0 atom stereocenters. The molecular formula is C24H30N4O6S2. The number of para-hydroxylation sites is 1. The highest BCUT2D eigenvalue weighted by atomic mass is 32.2. The first-order valence-electron chi connectivity index (χ1n) is 11.5. The Balaban J connectivity index is 1.66. The Labute approximate surface area is 214 Å². The normalized spacial score (nSPS) is 11.8. The summed E-state index contributed by atoms with van der Waals surface area (Å²) >= 11 is 1.16. The van der Waals surface area contributed by atoms with Gasteiger partial charge in [-0.2, -0.15) is 0 Å². The van der Waals surface area contributed by atoms with Gasteiger partial charge in [-0.25, -0.2) is 18.5 Å². The molecule has 0 saturated heterocycles. The number of hydrogen-bond acceptors (Lipinski definition) is 8. The molecule has 1 amide bonds. The summed E-state index contributed by atoms with van der Waals surface area (Å²) in [6, 6.07) is 13.2. The molecule has 0 spiro atoms. The van der Waals surface area contributed by atoms with Gasteiger partial charge in [-0.05, 0) is 50.1 Å². The summed E-state index contributed by atoms with van der Waals surface area (Å²) in [6.45, 7) is 5.07. The molecule has 0 unspecified atom stereocenters. The smallest absolute Gasteiger partial charge is 0.262 e.